The molecule has 21 heavy (non-hydrogen) atoms. The molecule has 0 atom stereocenters. The van der Waals surface area contributed by atoms with E-state index in [4.69, 9.17) is 16.6 Å². The van der Waals surface area contributed by atoms with E-state index in [1.54, 1.807) is 0 Å². The van der Waals surface area contributed by atoms with Crippen LogP contribution in [0, 0.1) is 24.7 Å². The Hall–Kier alpha value is -2.56. The average Bonchev–Trinajstić information content (AvgIpc) is 2.47. The number of hydrogen-bond donors (Lipinski definition) is 3. The minimum atomic E-state index is 0.241. The lowest BCUT2D eigenvalue weighted by Gasteiger charge is -2.10. The maximum atomic E-state index is 7.50. The minimum absolute atomic E-state index is 0.241. The fraction of sp³-hybridized carbons (Fsp3) is 0.250. The fourth-order valence-electron chi connectivity index (χ4n) is 2.15. The van der Waals surface area contributed by atoms with Crippen molar-refractivity contribution in [3.63, 3.8) is 0 Å². The number of anilines is 1. The Labute approximate surface area is 124 Å². The highest BCUT2D eigenvalue weighted by atomic mass is 15.0. The van der Waals surface area contributed by atoms with Crippen LogP contribution in [0.2, 0.25) is 0 Å². The summed E-state index contributed by atoms with van der Waals surface area (Å²) in [7, 11) is 0. The Morgan fingerprint density at radius 2 is 2.05 bits per heavy atom. The maximum absolute atomic E-state index is 7.50. The molecule has 0 aliphatic rings. The summed E-state index contributed by atoms with van der Waals surface area (Å²) in [6, 6.07) is 8.00. The van der Waals surface area contributed by atoms with Crippen LogP contribution in [0.3, 0.4) is 0 Å². The zero-order valence-corrected chi connectivity index (χ0v) is 12.3. The predicted octanol–water partition coefficient (Wildman–Crippen LogP) is 2.94. The largest absolute Gasteiger partial charge is 0.368 e. The lowest BCUT2D eigenvalue weighted by molar-refractivity contribution is 0.958. The summed E-state index contributed by atoms with van der Waals surface area (Å²) >= 11 is 0. The molecule has 4 N–H and O–H groups in total. The van der Waals surface area contributed by atoms with E-state index in [-0.39, 0.29) is 11.7 Å². The smallest absolute Gasteiger partial charge is 0.220 e. The van der Waals surface area contributed by atoms with Gasteiger partial charge in [0.1, 0.15) is 0 Å². The van der Waals surface area contributed by atoms with E-state index in [9.17, 15) is 0 Å². The standard InChI is InChI=1S/C16H19N5/c1-10-4-3-5-14(11(10)2)15-8-13(20-16(19)21-15)7-6-12(18)9-17/h3-5,8-9,17-18H,6-7H2,1-2H3,(H2,19,20,21). The van der Waals surface area contributed by atoms with Crippen LogP contribution in [0.15, 0.2) is 24.3 Å². The first-order chi connectivity index (χ1) is 10.0. The zero-order valence-electron chi connectivity index (χ0n) is 12.3. The number of aromatic nitrogens is 2. The van der Waals surface area contributed by atoms with E-state index in [1.807, 2.05) is 18.2 Å². The number of nitrogens with two attached hydrogens (primary N) is 1. The highest BCUT2D eigenvalue weighted by Gasteiger charge is 2.09. The van der Waals surface area contributed by atoms with Crippen LogP contribution >= 0.6 is 0 Å². The molecule has 1 aromatic carbocycles. The predicted molar refractivity (Wildman–Crippen MR) is 86.2 cm³/mol. The Morgan fingerprint density at radius 3 is 2.76 bits per heavy atom. The van der Waals surface area contributed by atoms with E-state index in [0.29, 0.717) is 12.8 Å². The van der Waals surface area contributed by atoms with Crippen LogP contribution in [0.5, 0.6) is 0 Å². The zero-order chi connectivity index (χ0) is 15.4. The van der Waals surface area contributed by atoms with Gasteiger partial charge in [-0.25, -0.2) is 9.97 Å². The summed E-state index contributed by atoms with van der Waals surface area (Å²) in [6.45, 7) is 4.13. The van der Waals surface area contributed by atoms with Crippen molar-refractivity contribution in [2.45, 2.75) is 26.7 Å². The van der Waals surface area contributed by atoms with Crippen molar-refractivity contribution in [1.29, 1.82) is 10.8 Å². The van der Waals surface area contributed by atoms with Gasteiger partial charge >= 0.3 is 0 Å². The third-order valence-electron chi connectivity index (χ3n) is 3.50. The van der Waals surface area contributed by atoms with Crippen molar-refractivity contribution in [1.82, 2.24) is 9.97 Å². The van der Waals surface area contributed by atoms with Crippen molar-refractivity contribution in [3.05, 3.63) is 41.1 Å². The summed E-state index contributed by atoms with van der Waals surface area (Å²) in [5.74, 6) is 0.241. The van der Waals surface area contributed by atoms with E-state index in [1.165, 1.54) is 11.1 Å². The number of rotatable bonds is 5. The molecule has 0 amide bonds. The minimum Gasteiger partial charge on any atom is -0.368 e. The molecule has 0 aliphatic heterocycles. The van der Waals surface area contributed by atoms with E-state index in [2.05, 4.69) is 29.9 Å². The molecule has 1 heterocycles. The molecule has 5 nitrogen and oxygen atoms in total. The normalized spacial score (nSPS) is 10.4. The van der Waals surface area contributed by atoms with Crippen molar-refractivity contribution >= 4 is 17.9 Å². The van der Waals surface area contributed by atoms with E-state index < -0.39 is 0 Å². The molecule has 0 saturated heterocycles. The van der Waals surface area contributed by atoms with Crippen LogP contribution in [-0.4, -0.2) is 21.9 Å². The highest BCUT2D eigenvalue weighted by Crippen LogP contribution is 2.25. The number of aryl methyl sites for hydroxylation is 2. The highest BCUT2D eigenvalue weighted by molar-refractivity contribution is 6.27. The van der Waals surface area contributed by atoms with Crippen molar-refractivity contribution in [2.24, 2.45) is 0 Å². The monoisotopic (exact) mass is 281 g/mol. The first-order valence-electron chi connectivity index (χ1n) is 6.79. The van der Waals surface area contributed by atoms with Gasteiger partial charge in [0.15, 0.2) is 0 Å². The summed E-state index contributed by atoms with van der Waals surface area (Å²) in [4.78, 5) is 8.53. The summed E-state index contributed by atoms with van der Waals surface area (Å²) in [6.07, 6.45) is 2.11. The Bertz CT molecular complexity index is 691. The van der Waals surface area contributed by atoms with Gasteiger partial charge in [-0.15, -0.1) is 0 Å². The molecule has 0 aliphatic carbocycles. The molecular formula is C16H19N5. The lowest BCUT2D eigenvalue weighted by atomic mass is 10.00. The molecule has 2 rings (SSSR count). The number of benzene rings is 1. The van der Waals surface area contributed by atoms with Gasteiger partial charge in [-0.1, -0.05) is 18.2 Å². The second-order valence-electron chi connectivity index (χ2n) is 5.02. The van der Waals surface area contributed by atoms with Gasteiger partial charge in [0.2, 0.25) is 5.95 Å². The second kappa shape index (κ2) is 6.26. The molecule has 0 unspecified atom stereocenters. The third-order valence-corrected chi connectivity index (χ3v) is 3.50. The molecule has 0 saturated carbocycles. The summed E-state index contributed by atoms with van der Waals surface area (Å²) in [5.41, 5.74) is 11.1. The SMILES string of the molecule is Cc1cccc(-c2cc(CCC(=N)C=N)nc(N)n2)c1C. The number of nitrogen functional groups attached to an aromatic ring is 1. The maximum Gasteiger partial charge on any atom is 0.220 e. The topological polar surface area (TPSA) is 99.5 Å². The summed E-state index contributed by atoms with van der Waals surface area (Å²) in [5, 5.41) is 14.5. The number of nitrogens with one attached hydrogen (secondary N) is 2. The molecule has 0 fully saturated rings. The molecule has 2 aromatic rings. The molecule has 5 heteroatoms. The number of nitrogens with zero attached hydrogens (tertiary/aromatic N) is 2. The number of hydrogen-bond acceptors (Lipinski definition) is 5. The first kappa shape index (κ1) is 14.8. The van der Waals surface area contributed by atoms with Gasteiger partial charge in [-0.2, -0.15) is 0 Å². The average molecular weight is 281 g/mol. The Balaban J connectivity index is 2.36. The van der Waals surface area contributed by atoms with Crippen molar-refractivity contribution in [3.8, 4) is 11.3 Å². The molecule has 0 radical (unpaired) electrons. The van der Waals surface area contributed by atoms with Gasteiger partial charge < -0.3 is 16.6 Å². The van der Waals surface area contributed by atoms with Gasteiger partial charge in [0.05, 0.1) is 5.69 Å². The van der Waals surface area contributed by atoms with Crippen LogP contribution in [-0.2, 0) is 6.42 Å². The van der Waals surface area contributed by atoms with Crippen molar-refractivity contribution in [2.75, 3.05) is 5.73 Å². The van der Waals surface area contributed by atoms with Gasteiger partial charge in [-0.05, 0) is 43.9 Å². The second-order valence-corrected chi connectivity index (χ2v) is 5.02. The molecule has 1 aromatic heterocycles. The van der Waals surface area contributed by atoms with Crippen LogP contribution in [0.4, 0.5) is 5.95 Å². The van der Waals surface area contributed by atoms with Gasteiger partial charge in [-0.3, -0.25) is 0 Å². The van der Waals surface area contributed by atoms with Crippen LogP contribution in [0.25, 0.3) is 11.3 Å². The quantitative estimate of drug-likeness (QED) is 0.734. The molecule has 108 valence electrons. The van der Waals surface area contributed by atoms with Crippen molar-refractivity contribution < 1.29 is 0 Å². The van der Waals surface area contributed by atoms with Gasteiger partial charge in [0.25, 0.3) is 0 Å². The molecular weight excluding hydrogens is 262 g/mol. The fourth-order valence-corrected chi connectivity index (χ4v) is 2.15. The first-order valence-corrected chi connectivity index (χ1v) is 6.79. The lowest BCUT2D eigenvalue weighted by Crippen LogP contribution is -2.05. The Morgan fingerprint density at radius 1 is 1.29 bits per heavy atom. The Kier molecular flexibility index (Phi) is 4.42. The third kappa shape index (κ3) is 3.51. The molecule has 0 spiro atoms. The van der Waals surface area contributed by atoms with Gasteiger partial charge in [0, 0.05) is 23.2 Å². The van der Waals surface area contributed by atoms with Crippen LogP contribution < -0.4 is 5.73 Å². The van der Waals surface area contributed by atoms with E-state index in [0.717, 1.165) is 23.2 Å². The van der Waals surface area contributed by atoms with Crippen LogP contribution in [0.1, 0.15) is 23.2 Å². The summed E-state index contributed by atoms with van der Waals surface area (Å²) < 4.78 is 0. The van der Waals surface area contributed by atoms with E-state index >= 15 is 0 Å². The molecule has 0 bridgehead atoms.